The average Bonchev–Trinajstić information content (AvgIpc) is 2.32. The highest BCUT2D eigenvalue weighted by Crippen LogP contribution is 2.20. The summed E-state index contributed by atoms with van der Waals surface area (Å²) in [5.74, 6) is 0.718. The van der Waals surface area contributed by atoms with Crippen molar-refractivity contribution in [2.45, 2.75) is 46.3 Å². The van der Waals surface area contributed by atoms with Crippen molar-refractivity contribution in [2.24, 2.45) is 11.0 Å². The van der Waals surface area contributed by atoms with E-state index in [9.17, 15) is 0 Å². The third-order valence-electron chi connectivity index (χ3n) is 2.35. The summed E-state index contributed by atoms with van der Waals surface area (Å²) in [6.07, 6.45) is 3.56. The van der Waals surface area contributed by atoms with E-state index in [1.165, 1.54) is 6.42 Å². The molecule has 0 N–H and O–H groups in total. The van der Waals surface area contributed by atoms with E-state index in [-0.39, 0.29) is 0 Å². The molecule has 0 bridgehead atoms. The van der Waals surface area contributed by atoms with E-state index >= 15 is 0 Å². The Morgan fingerprint density at radius 1 is 1.31 bits per heavy atom. The zero-order valence-electron chi connectivity index (χ0n) is 9.36. The molecule has 0 radical (unpaired) electrons. The molecule has 0 fully saturated rings. The molecule has 1 unspecified atom stereocenters. The molecule has 0 amide bonds. The van der Waals surface area contributed by atoms with Gasteiger partial charge in [-0.1, -0.05) is 13.8 Å². The molecule has 0 saturated carbocycles. The van der Waals surface area contributed by atoms with E-state index in [4.69, 9.17) is 0 Å². The van der Waals surface area contributed by atoms with Crippen LogP contribution in [0.15, 0.2) is 5.10 Å². The Kier molecular flexibility index (Phi) is 3.17. The standard InChI is InChI=1S/C10H21N3/c1-8(2)6-10-12(5)7-11-13(10)9(3)4/h7-10H,6H2,1-5H3. The van der Waals surface area contributed by atoms with Gasteiger partial charge < -0.3 is 4.90 Å². The Morgan fingerprint density at radius 3 is 2.38 bits per heavy atom. The number of hydrogen-bond donors (Lipinski definition) is 0. The van der Waals surface area contributed by atoms with Gasteiger partial charge in [-0.3, -0.25) is 5.01 Å². The number of hydrazone groups is 1. The van der Waals surface area contributed by atoms with Gasteiger partial charge in [0, 0.05) is 13.1 Å². The van der Waals surface area contributed by atoms with Crippen LogP contribution >= 0.6 is 0 Å². The van der Waals surface area contributed by atoms with E-state index in [0.717, 1.165) is 5.92 Å². The summed E-state index contributed by atoms with van der Waals surface area (Å²) in [5, 5.41) is 6.57. The molecule has 13 heavy (non-hydrogen) atoms. The van der Waals surface area contributed by atoms with Crippen molar-refractivity contribution in [3.05, 3.63) is 0 Å². The Bertz CT molecular complexity index is 187. The predicted molar refractivity (Wildman–Crippen MR) is 56.5 cm³/mol. The first-order valence-electron chi connectivity index (χ1n) is 5.06. The van der Waals surface area contributed by atoms with Gasteiger partial charge >= 0.3 is 0 Å². The zero-order chi connectivity index (χ0) is 10.0. The quantitative estimate of drug-likeness (QED) is 0.666. The lowest BCUT2D eigenvalue weighted by Crippen LogP contribution is -2.41. The maximum absolute atomic E-state index is 4.38. The highest BCUT2D eigenvalue weighted by atomic mass is 15.6. The smallest absolute Gasteiger partial charge is 0.119 e. The summed E-state index contributed by atoms with van der Waals surface area (Å²) in [4.78, 5) is 2.19. The van der Waals surface area contributed by atoms with Crippen molar-refractivity contribution < 1.29 is 0 Å². The summed E-state index contributed by atoms with van der Waals surface area (Å²) in [5.41, 5.74) is 0. The van der Waals surface area contributed by atoms with Crippen LogP contribution in [0.2, 0.25) is 0 Å². The summed E-state index contributed by atoms with van der Waals surface area (Å²) in [7, 11) is 2.10. The molecule has 1 atom stereocenters. The monoisotopic (exact) mass is 183 g/mol. The fourth-order valence-corrected chi connectivity index (χ4v) is 1.65. The molecule has 1 aliphatic rings. The lowest BCUT2D eigenvalue weighted by atomic mass is 10.1. The van der Waals surface area contributed by atoms with Gasteiger partial charge in [0.2, 0.25) is 0 Å². The summed E-state index contributed by atoms with van der Waals surface area (Å²) in [6.45, 7) is 8.88. The van der Waals surface area contributed by atoms with Crippen molar-refractivity contribution in [3.63, 3.8) is 0 Å². The van der Waals surface area contributed by atoms with Crippen LogP contribution < -0.4 is 0 Å². The van der Waals surface area contributed by atoms with Gasteiger partial charge in [0.15, 0.2) is 0 Å². The fourth-order valence-electron chi connectivity index (χ4n) is 1.65. The molecule has 0 saturated heterocycles. The second-order valence-electron chi connectivity index (χ2n) is 4.48. The maximum atomic E-state index is 4.38. The van der Waals surface area contributed by atoms with E-state index in [2.05, 4.69) is 49.8 Å². The zero-order valence-corrected chi connectivity index (χ0v) is 9.36. The molecule has 3 heteroatoms. The topological polar surface area (TPSA) is 18.8 Å². The van der Waals surface area contributed by atoms with Crippen LogP contribution in [0, 0.1) is 5.92 Å². The van der Waals surface area contributed by atoms with Gasteiger partial charge in [-0.25, -0.2) is 0 Å². The van der Waals surface area contributed by atoms with Crippen LogP contribution in [0.3, 0.4) is 0 Å². The number of hydrogen-bond acceptors (Lipinski definition) is 3. The highest BCUT2D eigenvalue weighted by molar-refractivity contribution is 5.56. The third-order valence-corrected chi connectivity index (χ3v) is 2.35. The highest BCUT2D eigenvalue weighted by Gasteiger charge is 2.27. The van der Waals surface area contributed by atoms with Crippen LogP contribution in [0.1, 0.15) is 34.1 Å². The molecule has 0 aromatic rings. The lowest BCUT2D eigenvalue weighted by Gasteiger charge is -2.32. The van der Waals surface area contributed by atoms with Crippen LogP contribution in [0.5, 0.6) is 0 Å². The second kappa shape index (κ2) is 3.99. The van der Waals surface area contributed by atoms with Gasteiger partial charge in [-0.15, -0.1) is 0 Å². The minimum Gasteiger partial charge on any atom is -0.343 e. The fraction of sp³-hybridized carbons (Fsp3) is 0.900. The first-order chi connectivity index (χ1) is 6.02. The summed E-state index contributed by atoms with van der Waals surface area (Å²) >= 11 is 0. The van der Waals surface area contributed by atoms with Crippen molar-refractivity contribution in [2.75, 3.05) is 7.05 Å². The van der Waals surface area contributed by atoms with Crippen LogP contribution in [-0.4, -0.2) is 35.5 Å². The first-order valence-corrected chi connectivity index (χ1v) is 5.06. The molecule has 1 rings (SSSR count). The molecule has 3 nitrogen and oxygen atoms in total. The average molecular weight is 183 g/mol. The normalized spacial score (nSPS) is 22.5. The van der Waals surface area contributed by atoms with Gasteiger partial charge in [0.05, 0.1) is 0 Å². The van der Waals surface area contributed by atoms with E-state index < -0.39 is 0 Å². The van der Waals surface area contributed by atoms with E-state index in [0.29, 0.717) is 12.2 Å². The van der Waals surface area contributed by atoms with E-state index in [1.807, 2.05) is 6.34 Å². The Morgan fingerprint density at radius 2 is 1.92 bits per heavy atom. The van der Waals surface area contributed by atoms with Crippen molar-refractivity contribution in [1.29, 1.82) is 0 Å². The number of nitrogens with zero attached hydrogens (tertiary/aromatic N) is 3. The van der Waals surface area contributed by atoms with Gasteiger partial charge in [0.25, 0.3) is 0 Å². The molecule has 1 heterocycles. The Balaban J connectivity index is 2.59. The molecule has 0 aromatic carbocycles. The molecule has 0 aliphatic carbocycles. The van der Waals surface area contributed by atoms with Crippen LogP contribution in [-0.2, 0) is 0 Å². The van der Waals surface area contributed by atoms with Crippen molar-refractivity contribution in [1.82, 2.24) is 9.91 Å². The minimum absolute atomic E-state index is 0.458. The molecular weight excluding hydrogens is 162 g/mol. The molecular formula is C10H21N3. The van der Waals surface area contributed by atoms with E-state index in [1.54, 1.807) is 0 Å². The second-order valence-corrected chi connectivity index (χ2v) is 4.48. The molecule has 0 spiro atoms. The summed E-state index contributed by atoms with van der Waals surface area (Å²) < 4.78 is 0. The third kappa shape index (κ3) is 2.36. The minimum atomic E-state index is 0.458. The molecule has 76 valence electrons. The predicted octanol–water partition coefficient (Wildman–Crippen LogP) is 1.96. The Labute approximate surface area is 81.4 Å². The largest absolute Gasteiger partial charge is 0.343 e. The summed E-state index contributed by atoms with van der Waals surface area (Å²) in [6, 6.07) is 0.491. The molecule has 1 aliphatic heterocycles. The van der Waals surface area contributed by atoms with Crippen molar-refractivity contribution >= 4 is 6.34 Å². The van der Waals surface area contributed by atoms with Crippen LogP contribution in [0.25, 0.3) is 0 Å². The molecule has 0 aromatic heterocycles. The maximum Gasteiger partial charge on any atom is 0.119 e. The van der Waals surface area contributed by atoms with Crippen LogP contribution in [0.4, 0.5) is 0 Å². The van der Waals surface area contributed by atoms with Crippen molar-refractivity contribution in [3.8, 4) is 0 Å². The Hall–Kier alpha value is -0.730. The van der Waals surface area contributed by atoms with Gasteiger partial charge in [0.1, 0.15) is 12.5 Å². The lowest BCUT2D eigenvalue weighted by molar-refractivity contribution is 0.0941. The van der Waals surface area contributed by atoms with Gasteiger partial charge in [-0.05, 0) is 26.2 Å². The number of rotatable bonds is 3. The first kappa shape index (κ1) is 10.4. The van der Waals surface area contributed by atoms with Gasteiger partial charge in [-0.2, -0.15) is 5.10 Å². The SMILES string of the molecule is CC(C)CC1N(C)C=NN1C(C)C.